The predicted octanol–water partition coefficient (Wildman–Crippen LogP) is 5.32. The molecule has 0 aliphatic carbocycles. The van der Waals surface area contributed by atoms with Crippen molar-refractivity contribution in [3.8, 4) is 5.75 Å². The Balaban J connectivity index is 2.93. The minimum atomic E-state index is -0.157. The number of unbranched alkanes of at least 4 members (excludes halogenated alkanes) is 1. The highest BCUT2D eigenvalue weighted by atomic mass is 16.5. The van der Waals surface area contributed by atoms with Crippen LogP contribution >= 0.6 is 0 Å². The van der Waals surface area contributed by atoms with Crippen LogP contribution in [0, 0.1) is 0 Å². The third-order valence-corrected chi connectivity index (χ3v) is 4.72. The van der Waals surface area contributed by atoms with Crippen molar-refractivity contribution in [3.63, 3.8) is 0 Å². The van der Waals surface area contributed by atoms with Gasteiger partial charge in [-0.25, -0.2) is 0 Å². The molecule has 0 radical (unpaired) electrons. The average Bonchev–Trinajstić information content (AvgIpc) is 2.58. The van der Waals surface area contributed by atoms with E-state index in [0.717, 1.165) is 18.6 Å². The van der Waals surface area contributed by atoms with Gasteiger partial charge >= 0.3 is 5.97 Å². The van der Waals surface area contributed by atoms with Crippen molar-refractivity contribution < 1.29 is 19.4 Å². The molecule has 1 aromatic rings. The normalized spacial score (nSPS) is 12.1. The molecular formula is C24H40O4. The summed E-state index contributed by atoms with van der Waals surface area (Å²) in [5, 5.41) is 8.76. The third kappa shape index (κ3) is 7.83. The fourth-order valence-corrected chi connectivity index (χ4v) is 3.16. The summed E-state index contributed by atoms with van der Waals surface area (Å²) in [5.74, 6) is 0.852. The Morgan fingerprint density at radius 3 is 2.00 bits per heavy atom. The molecule has 0 bridgehead atoms. The molecule has 0 saturated carbocycles. The van der Waals surface area contributed by atoms with Crippen molar-refractivity contribution in [2.75, 3.05) is 19.8 Å². The monoisotopic (exact) mass is 392 g/mol. The van der Waals surface area contributed by atoms with Gasteiger partial charge in [-0.2, -0.15) is 0 Å². The minimum absolute atomic E-state index is 0.0217. The zero-order chi connectivity index (χ0) is 21.4. The number of esters is 1. The van der Waals surface area contributed by atoms with Crippen LogP contribution in [0.1, 0.15) is 90.8 Å². The van der Waals surface area contributed by atoms with Crippen LogP contribution in [-0.4, -0.2) is 30.9 Å². The number of aliphatic hydroxyl groups excluding tert-OH is 1. The van der Waals surface area contributed by atoms with Gasteiger partial charge in [0.05, 0.1) is 13.2 Å². The van der Waals surface area contributed by atoms with Gasteiger partial charge in [-0.05, 0) is 49.0 Å². The lowest BCUT2D eigenvalue weighted by Gasteiger charge is -2.30. The van der Waals surface area contributed by atoms with Crippen LogP contribution in [0.2, 0.25) is 0 Å². The third-order valence-electron chi connectivity index (χ3n) is 4.72. The molecule has 1 N–H and O–H groups in total. The van der Waals surface area contributed by atoms with E-state index in [1.807, 2.05) is 6.92 Å². The van der Waals surface area contributed by atoms with Gasteiger partial charge in [-0.15, -0.1) is 0 Å². The Kier molecular flexibility index (Phi) is 9.49. The summed E-state index contributed by atoms with van der Waals surface area (Å²) in [7, 11) is 0. The molecule has 0 amide bonds. The maximum Gasteiger partial charge on any atom is 0.305 e. The molecule has 0 aliphatic heterocycles. The lowest BCUT2D eigenvalue weighted by molar-refractivity contribution is -0.143. The van der Waals surface area contributed by atoms with Crippen LogP contribution in [0.25, 0.3) is 0 Å². The summed E-state index contributed by atoms with van der Waals surface area (Å²) in [6, 6.07) is 4.49. The Morgan fingerprint density at radius 2 is 1.54 bits per heavy atom. The molecule has 0 spiro atoms. The molecule has 1 rings (SSSR count). The van der Waals surface area contributed by atoms with E-state index in [9.17, 15) is 4.79 Å². The average molecular weight is 393 g/mol. The SMILES string of the molecule is CCOc1c(C(C)(C)C)cc(CCCC(=O)OCCCCO)cc1C(C)(C)C. The molecule has 0 aliphatic rings. The van der Waals surface area contributed by atoms with Gasteiger partial charge < -0.3 is 14.6 Å². The van der Waals surface area contributed by atoms with E-state index in [1.54, 1.807) is 0 Å². The van der Waals surface area contributed by atoms with E-state index in [4.69, 9.17) is 14.6 Å². The van der Waals surface area contributed by atoms with Crippen molar-refractivity contribution in [3.05, 3.63) is 28.8 Å². The number of ether oxygens (including phenoxy) is 2. The first-order valence-electron chi connectivity index (χ1n) is 10.6. The minimum Gasteiger partial charge on any atom is -0.493 e. The lowest BCUT2D eigenvalue weighted by Crippen LogP contribution is -2.20. The van der Waals surface area contributed by atoms with Gasteiger partial charge in [0, 0.05) is 24.2 Å². The Bertz CT molecular complexity index is 585. The molecule has 0 unspecified atom stereocenters. The number of benzene rings is 1. The molecule has 1 aromatic carbocycles. The Morgan fingerprint density at radius 1 is 0.964 bits per heavy atom. The van der Waals surface area contributed by atoms with Gasteiger partial charge in [0.1, 0.15) is 5.75 Å². The largest absolute Gasteiger partial charge is 0.493 e. The van der Waals surface area contributed by atoms with Crippen LogP contribution in [0.5, 0.6) is 5.75 Å². The van der Waals surface area contributed by atoms with Crippen LogP contribution in [0.3, 0.4) is 0 Å². The number of carbonyl (C=O) groups is 1. The van der Waals surface area contributed by atoms with E-state index < -0.39 is 0 Å². The van der Waals surface area contributed by atoms with E-state index in [-0.39, 0.29) is 23.4 Å². The number of rotatable bonds is 10. The van der Waals surface area contributed by atoms with Gasteiger partial charge in [0.15, 0.2) is 0 Å². The van der Waals surface area contributed by atoms with Crippen LogP contribution in [-0.2, 0) is 26.8 Å². The molecule has 0 heterocycles. The van der Waals surface area contributed by atoms with Crippen molar-refractivity contribution in [2.45, 2.75) is 91.4 Å². The van der Waals surface area contributed by atoms with Crippen molar-refractivity contribution in [2.24, 2.45) is 0 Å². The lowest BCUT2D eigenvalue weighted by atomic mass is 9.78. The molecule has 0 aromatic heterocycles. The first kappa shape index (κ1) is 24.5. The molecule has 4 nitrogen and oxygen atoms in total. The molecule has 0 saturated heterocycles. The smallest absolute Gasteiger partial charge is 0.305 e. The topological polar surface area (TPSA) is 55.8 Å². The molecule has 28 heavy (non-hydrogen) atoms. The summed E-state index contributed by atoms with van der Waals surface area (Å²) in [5.41, 5.74) is 3.65. The summed E-state index contributed by atoms with van der Waals surface area (Å²) in [6.45, 7) is 16.5. The van der Waals surface area contributed by atoms with Crippen LogP contribution in [0.4, 0.5) is 0 Å². The van der Waals surface area contributed by atoms with E-state index in [2.05, 4.69) is 53.7 Å². The molecule has 160 valence electrons. The van der Waals surface area contributed by atoms with Gasteiger partial charge in [0.2, 0.25) is 0 Å². The Labute approximate surface area is 171 Å². The van der Waals surface area contributed by atoms with Crippen LogP contribution < -0.4 is 4.74 Å². The second-order valence-electron chi connectivity index (χ2n) is 9.46. The second-order valence-corrected chi connectivity index (χ2v) is 9.46. The predicted molar refractivity (Wildman–Crippen MR) is 115 cm³/mol. The van der Waals surface area contributed by atoms with E-state index in [1.165, 1.54) is 16.7 Å². The van der Waals surface area contributed by atoms with Gasteiger partial charge in [-0.3, -0.25) is 4.79 Å². The van der Waals surface area contributed by atoms with Crippen molar-refractivity contribution in [1.29, 1.82) is 0 Å². The number of carbonyl (C=O) groups excluding carboxylic acids is 1. The molecular weight excluding hydrogens is 352 g/mol. The fourth-order valence-electron chi connectivity index (χ4n) is 3.16. The summed E-state index contributed by atoms with van der Waals surface area (Å²) in [4.78, 5) is 11.9. The van der Waals surface area contributed by atoms with Crippen molar-refractivity contribution in [1.82, 2.24) is 0 Å². The van der Waals surface area contributed by atoms with E-state index >= 15 is 0 Å². The highest BCUT2D eigenvalue weighted by molar-refractivity contribution is 5.69. The zero-order valence-electron chi connectivity index (χ0n) is 19.0. The van der Waals surface area contributed by atoms with E-state index in [0.29, 0.717) is 32.5 Å². The Hall–Kier alpha value is -1.55. The number of hydrogen-bond acceptors (Lipinski definition) is 4. The number of aryl methyl sites for hydroxylation is 1. The fraction of sp³-hybridized carbons (Fsp3) is 0.708. The molecule has 0 atom stereocenters. The standard InChI is InChI=1S/C24H40O4/c1-8-27-22-19(23(2,3)4)16-18(17-20(22)24(5,6)7)12-11-13-21(26)28-15-10-9-14-25/h16-17,25H,8-15H2,1-7H3. The zero-order valence-corrected chi connectivity index (χ0v) is 19.0. The van der Waals surface area contributed by atoms with Crippen molar-refractivity contribution >= 4 is 5.97 Å². The second kappa shape index (κ2) is 10.8. The van der Waals surface area contributed by atoms with Gasteiger partial charge in [0.25, 0.3) is 0 Å². The highest BCUT2D eigenvalue weighted by Gasteiger charge is 2.27. The molecule has 0 fully saturated rings. The number of aliphatic hydroxyl groups is 1. The highest BCUT2D eigenvalue weighted by Crippen LogP contribution is 2.41. The van der Waals surface area contributed by atoms with Crippen LogP contribution in [0.15, 0.2) is 12.1 Å². The maximum atomic E-state index is 11.9. The summed E-state index contributed by atoms with van der Waals surface area (Å²) >= 11 is 0. The summed E-state index contributed by atoms with van der Waals surface area (Å²) in [6.07, 6.45) is 3.40. The maximum absolute atomic E-state index is 11.9. The quantitative estimate of drug-likeness (QED) is 0.432. The number of hydrogen-bond donors (Lipinski definition) is 1. The first-order valence-corrected chi connectivity index (χ1v) is 10.6. The molecule has 4 heteroatoms. The summed E-state index contributed by atoms with van der Waals surface area (Å²) < 4.78 is 11.3. The van der Waals surface area contributed by atoms with Gasteiger partial charge in [-0.1, -0.05) is 53.7 Å². The first-order chi connectivity index (χ1) is 13.0.